The third kappa shape index (κ3) is 6.49. The summed E-state index contributed by atoms with van der Waals surface area (Å²) in [7, 11) is 0. The first kappa shape index (κ1) is 32.3. The van der Waals surface area contributed by atoms with E-state index in [9.17, 15) is 4.79 Å². The fourth-order valence-electron chi connectivity index (χ4n) is 6.33. The van der Waals surface area contributed by atoms with Gasteiger partial charge in [0.15, 0.2) is 5.78 Å². The molecule has 1 N–H and O–H groups in total. The third-order valence-corrected chi connectivity index (χ3v) is 8.83. The van der Waals surface area contributed by atoms with Crippen LogP contribution in [0.1, 0.15) is 70.3 Å². The number of carbonyl (C=O) groups excluding carboxylic acids is 1. The van der Waals surface area contributed by atoms with Crippen LogP contribution < -0.4 is 10.00 Å². The first-order chi connectivity index (χ1) is 20.1. The minimum atomic E-state index is -0.125. The van der Waals surface area contributed by atoms with Crippen molar-refractivity contribution in [1.29, 1.82) is 0 Å². The molecule has 3 heterocycles. The van der Waals surface area contributed by atoms with Crippen molar-refractivity contribution in [3.63, 3.8) is 0 Å². The van der Waals surface area contributed by atoms with Crippen LogP contribution in [0.15, 0.2) is 84.8 Å². The Morgan fingerprint density at radius 1 is 1.07 bits per heavy atom. The van der Waals surface area contributed by atoms with Gasteiger partial charge in [0.1, 0.15) is 5.82 Å². The van der Waals surface area contributed by atoms with E-state index in [0.29, 0.717) is 19.1 Å². The number of aliphatic hydroxyl groups is 1. The molecule has 2 unspecified atom stereocenters. The molecule has 9 heteroatoms. The third-order valence-electron chi connectivity index (χ3n) is 8.83. The number of fused-ring (bicyclic) bond motifs is 5. The normalized spacial score (nSPS) is 19.6. The predicted molar refractivity (Wildman–Crippen MR) is 166 cm³/mol. The monoisotopic (exact) mass is 755 g/mol. The Balaban J connectivity index is 0.000000475. The standard InChI is InChI=1S/C29H30N6.C5H8O2.Ir/c1-28(2)22-15-16-29(28,3)27-25(22)26(33-34-27)23-13-9-14-24(32-23)35(21-11-5-4-6-12-21)19-30-18-20-10-7-8-17-31-20;1-4(6)3-5(2)7;/h4-14,17,22H,15-16,18-19H2,1-3H3;3,6H,1-2H3;/q-2;;/b;4-3-;. The molecule has 2 bridgehead atoms. The molecular weight excluding hydrogens is 717 g/mol. The molecule has 2 aliphatic rings. The number of aromatic nitrogens is 4. The first-order valence-electron chi connectivity index (χ1n) is 14.4. The number of para-hydroxylation sites is 1. The van der Waals surface area contributed by atoms with Crippen LogP contribution in [-0.2, 0) is 36.9 Å². The molecule has 4 aromatic rings. The molecule has 0 amide bonds. The number of hydrogen-bond donors (Lipinski definition) is 1. The fraction of sp³-hybridized carbons (Fsp3) is 0.353. The second kappa shape index (κ2) is 13.3. The summed E-state index contributed by atoms with van der Waals surface area (Å²) in [6, 6.07) is 22.4. The van der Waals surface area contributed by atoms with Gasteiger partial charge in [0.05, 0.1) is 11.5 Å². The maximum atomic E-state index is 10.0. The summed E-state index contributed by atoms with van der Waals surface area (Å²) in [5, 5.41) is 22.5. The second-order valence-corrected chi connectivity index (χ2v) is 11.8. The molecule has 0 saturated heterocycles. The Morgan fingerprint density at radius 2 is 1.81 bits per heavy atom. The number of carbonyl (C=O) groups is 1. The van der Waals surface area contributed by atoms with Crippen molar-refractivity contribution in [3.05, 3.63) is 107 Å². The smallest absolute Gasteiger partial charge is 0.155 e. The van der Waals surface area contributed by atoms with Crippen molar-refractivity contribution in [1.82, 2.24) is 20.2 Å². The summed E-state index contributed by atoms with van der Waals surface area (Å²) in [6.07, 6.45) is 5.35. The number of anilines is 2. The zero-order valence-electron chi connectivity index (χ0n) is 25.3. The van der Waals surface area contributed by atoms with Gasteiger partial charge in [-0.1, -0.05) is 63.5 Å². The molecule has 0 spiro atoms. The fourth-order valence-corrected chi connectivity index (χ4v) is 6.33. The van der Waals surface area contributed by atoms with Crippen LogP contribution in [0.2, 0.25) is 0 Å². The van der Waals surface area contributed by atoms with Gasteiger partial charge in [-0.05, 0) is 80.0 Å². The second-order valence-electron chi connectivity index (χ2n) is 11.8. The molecule has 0 aliphatic heterocycles. The molecule has 1 aromatic carbocycles. The molecule has 6 rings (SSSR count). The molecular formula is C34H38IrN6O2-2. The summed E-state index contributed by atoms with van der Waals surface area (Å²) in [5.74, 6) is 1.27. The Labute approximate surface area is 267 Å². The average molecular weight is 755 g/mol. The van der Waals surface area contributed by atoms with Crippen molar-refractivity contribution in [2.24, 2.45) is 5.41 Å². The topological polar surface area (TPSA) is 107 Å². The van der Waals surface area contributed by atoms with Crippen molar-refractivity contribution in [3.8, 4) is 11.4 Å². The summed E-state index contributed by atoms with van der Waals surface area (Å²) >= 11 is 0. The summed E-state index contributed by atoms with van der Waals surface area (Å²) in [4.78, 5) is 21.6. The van der Waals surface area contributed by atoms with E-state index in [1.807, 2.05) is 42.5 Å². The molecule has 3 aromatic heterocycles. The van der Waals surface area contributed by atoms with Gasteiger partial charge in [0.2, 0.25) is 0 Å². The van der Waals surface area contributed by atoms with Crippen molar-refractivity contribution in [2.75, 3.05) is 11.6 Å². The van der Waals surface area contributed by atoms with Gasteiger partial charge in [0.25, 0.3) is 0 Å². The predicted octanol–water partition coefficient (Wildman–Crippen LogP) is 7.37. The summed E-state index contributed by atoms with van der Waals surface area (Å²) in [6.45, 7) is 11.0. The molecule has 1 fully saturated rings. The molecule has 1 saturated carbocycles. The van der Waals surface area contributed by atoms with Gasteiger partial charge >= 0.3 is 0 Å². The first-order valence-corrected chi connectivity index (χ1v) is 14.4. The maximum absolute atomic E-state index is 10.0. The number of allylic oxidation sites excluding steroid dienone is 2. The van der Waals surface area contributed by atoms with Crippen LogP contribution in [0.3, 0.4) is 0 Å². The minimum Gasteiger partial charge on any atom is -0.640 e. The number of ketones is 1. The van der Waals surface area contributed by atoms with Gasteiger partial charge in [-0.3, -0.25) is 9.78 Å². The van der Waals surface area contributed by atoms with E-state index in [1.54, 1.807) is 6.20 Å². The van der Waals surface area contributed by atoms with Crippen LogP contribution in [0.25, 0.3) is 16.7 Å². The van der Waals surface area contributed by atoms with Crippen molar-refractivity contribution >= 4 is 17.3 Å². The number of rotatable bonds is 8. The maximum Gasteiger partial charge on any atom is 0.155 e. The van der Waals surface area contributed by atoms with Crippen LogP contribution in [0.4, 0.5) is 11.5 Å². The van der Waals surface area contributed by atoms with Crippen LogP contribution in [-0.4, -0.2) is 32.6 Å². The van der Waals surface area contributed by atoms with E-state index in [4.69, 9.17) is 20.5 Å². The van der Waals surface area contributed by atoms with Crippen molar-refractivity contribution < 1.29 is 30.0 Å². The zero-order valence-corrected chi connectivity index (χ0v) is 27.7. The Bertz CT molecular complexity index is 1570. The number of pyridine rings is 2. The molecule has 43 heavy (non-hydrogen) atoms. The van der Waals surface area contributed by atoms with E-state index in [-0.39, 0.29) is 42.5 Å². The molecule has 8 nitrogen and oxygen atoms in total. The van der Waals surface area contributed by atoms with Gasteiger partial charge in [0, 0.05) is 54.9 Å². The van der Waals surface area contributed by atoms with Gasteiger partial charge in [-0.25, -0.2) is 4.98 Å². The van der Waals surface area contributed by atoms with Gasteiger partial charge < -0.3 is 25.5 Å². The molecule has 227 valence electrons. The van der Waals surface area contributed by atoms with E-state index < -0.39 is 0 Å². The summed E-state index contributed by atoms with van der Waals surface area (Å²) in [5.41, 5.74) is 6.63. The van der Waals surface area contributed by atoms with Crippen LogP contribution in [0.5, 0.6) is 0 Å². The van der Waals surface area contributed by atoms with Crippen LogP contribution >= 0.6 is 0 Å². The van der Waals surface area contributed by atoms with E-state index in [1.165, 1.54) is 44.0 Å². The van der Waals surface area contributed by atoms with E-state index in [0.717, 1.165) is 28.6 Å². The molecule has 2 aliphatic carbocycles. The number of benzene rings is 1. The van der Waals surface area contributed by atoms with Crippen LogP contribution in [0, 0.1) is 5.41 Å². The zero-order chi connectivity index (χ0) is 29.9. The summed E-state index contributed by atoms with van der Waals surface area (Å²) < 4.78 is 0. The minimum absolute atomic E-state index is 0. The number of hydrogen-bond acceptors (Lipinski definition) is 6. The Hall–Kier alpha value is -3.65. The van der Waals surface area contributed by atoms with Gasteiger partial charge in [-0.2, -0.15) is 0 Å². The largest absolute Gasteiger partial charge is 0.640 e. The van der Waals surface area contributed by atoms with Gasteiger partial charge in [-0.15, -0.1) is 6.54 Å². The van der Waals surface area contributed by atoms with E-state index in [2.05, 4.69) is 60.0 Å². The number of aliphatic hydroxyl groups excluding tert-OH is 1. The molecule has 2 atom stereocenters. The molecule has 1 radical (unpaired) electrons. The quantitative estimate of drug-likeness (QED) is 0.148. The number of nitrogens with zero attached hydrogens (tertiary/aromatic N) is 6. The Morgan fingerprint density at radius 3 is 2.47 bits per heavy atom. The Kier molecular flexibility index (Phi) is 10.0. The van der Waals surface area contributed by atoms with E-state index >= 15 is 0 Å². The SMILES string of the molecule is CC(=O)/C=C(/C)O.CC12CCC(c3c1n[n-]c3-c1cccc(N(C[N-]Cc3ccccn3)c3ccccc3)n1)C2(C)C.[Ir]. The van der Waals surface area contributed by atoms with Crippen molar-refractivity contribution in [2.45, 2.75) is 65.3 Å². The average Bonchev–Trinajstić information content (AvgIpc) is 3.56.